The Kier molecular flexibility index (Phi) is 5.65. The lowest BCUT2D eigenvalue weighted by Crippen LogP contribution is -2.38. The van der Waals surface area contributed by atoms with Gasteiger partial charge in [0.1, 0.15) is 5.82 Å². The zero-order chi connectivity index (χ0) is 21.5. The van der Waals surface area contributed by atoms with Gasteiger partial charge in [0.15, 0.2) is 5.82 Å². The van der Waals surface area contributed by atoms with Gasteiger partial charge in [-0.1, -0.05) is 42.5 Å². The average molecular weight is 518 g/mol. The van der Waals surface area contributed by atoms with Gasteiger partial charge in [-0.2, -0.15) is 0 Å². The molecule has 1 amide bonds. The summed E-state index contributed by atoms with van der Waals surface area (Å²) in [5.74, 6) is 0.204. The zero-order valence-electron chi connectivity index (χ0n) is 17.2. The number of fused-ring (bicyclic) bond motifs is 2. The first-order valence-electron chi connectivity index (χ1n) is 10.00. The number of carbonyl (C=O) groups is 1. The van der Waals surface area contributed by atoms with Crippen molar-refractivity contribution in [2.45, 2.75) is 38.0 Å². The standard InChI is InChI=1S/C22H21FN4O.CH3I/c1-12(2)13-3-4-14(16(23)9-13)20-24-8-5-17(27-20)18-10-15-19(26-18)22(6-7-22)11-25-21(15)28;1-2/h3-5,8-10,12,26H,6-7,11H2,1-2H3,(H,25,28);1H3. The van der Waals surface area contributed by atoms with Crippen molar-refractivity contribution in [3.8, 4) is 22.8 Å². The van der Waals surface area contributed by atoms with E-state index in [4.69, 9.17) is 0 Å². The van der Waals surface area contributed by atoms with Crippen molar-refractivity contribution in [3.63, 3.8) is 0 Å². The summed E-state index contributed by atoms with van der Waals surface area (Å²) in [6.45, 7) is 4.74. The van der Waals surface area contributed by atoms with Crippen LogP contribution in [0.5, 0.6) is 0 Å². The van der Waals surface area contributed by atoms with Crippen LogP contribution in [0.3, 0.4) is 0 Å². The summed E-state index contributed by atoms with van der Waals surface area (Å²) < 4.78 is 14.6. The highest BCUT2D eigenvalue weighted by Gasteiger charge is 2.50. The Morgan fingerprint density at radius 1 is 1.13 bits per heavy atom. The molecule has 1 aliphatic heterocycles. The number of aromatic nitrogens is 3. The molecule has 7 heteroatoms. The lowest BCUT2D eigenvalue weighted by atomic mass is 9.95. The fraction of sp³-hybridized carbons (Fsp3) is 0.348. The molecule has 1 saturated carbocycles. The number of halogens is 2. The maximum absolute atomic E-state index is 14.6. The van der Waals surface area contributed by atoms with Crippen LogP contribution in [0.25, 0.3) is 22.8 Å². The number of nitrogens with zero attached hydrogens (tertiary/aromatic N) is 2. The van der Waals surface area contributed by atoms with Gasteiger partial charge < -0.3 is 10.3 Å². The molecule has 156 valence electrons. The molecule has 2 N–H and O–H groups in total. The molecule has 0 bridgehead atoms. The summed E-state index contributed by atoms with van der Waals surface area (Å²) in [6.07, 6.45) is 3.77. The van der Waals surface area contributed by atoms with Crippen LogP contribution in [0, 0.1) is 5.82 Å². The molecule has 1 fully saturated rings. The molecule has 2 aromatic heterocycles. The molecule has 0 radical (unpaired) electrons. The predicted octanol–water partition coefficient (Wildman–Crippen LogP) is 5.23. The van der Waals surface area contributed by atoms with E-state index in [9.17, 15) is 9.18 Å². The molecule has 0 saturated heterocycles. The van der Waals surface area contributed by atoms with Crippen molar-refractivity contribution in [1.82, 2.24) is 20.3 Å². The van der Waals surface area contributed by atoms with Crippen LogP contribution in [-0.4, -0.2) is 32.3 Å². The number of benzene rings is 1. The van der Waals surface area contributed by atoms with Crippen LogP contribution >= 0.6 is 22.6 Å². The molecular weight excluding hydrogens is 494 g/mol. The Morgan fingerprint density at radius 3 is 2.57 bits per heavy atom. The Hall–Kier alpha value is -2.29. The third-order valence-corrected chi connectivity index (χ3v) is 5.87. The number of aromatic amines is 1. The quantitative estimate of drug-likeness (QED) is 0.369. The highest BCUT2D eigenvalue weighted by Crippen LogP contribution is 2.50. The van der Waals surface area contributed by atoms with Crippen molar-refractivity contribution in [3.05, 3.63) is 59.2 Å². The Balaban J connectivity index is 0.00000106. The molecule has 5 nitrogen and oxygen atoms in total. The molecule has 30 heavy (non-hydrogen) atoms. The van der Waals surface area contributed by atoms with Crippen molar-refractivity contribution in [2.24, 2.45) is 0 Å². The van der Waals surface area contributed by atoms with Gasteiger partial charge in [0, 0.05) is 23.9 Å². The van der Waals surface area contributed by atoms with Gasteiger partial charge >= 0.3 is 0 Å². The summed E-state index contributed by atoms with van der Waals surface area (Å²) in [5, 5.41) is 2.97. The van der Waals surface area contributed by atoms with Crippen molar-refractivity contribution >= 4 is 28.5 Å². The SMILES string of the molecule is CC(C)c1ccc(-c2nccc(-c3cc4c([nH]3)C3(CC3)CNC4=O)n2)c(F)c1.CI. The Labute approximate surface area is 189 Å². The highest BCUT2D eigenvalue weighted by atomic mass is 127. The summed E-state index contributed by atoms with van der Waals surface area (Å²) in [7, 11) is 0. The molecule has 3 heterocycles. The van der Waals surface area contributed by atoms with Gasteiger partial charge in [0.2, 0.25) is 0 Å². The van der Waals surface area contributed by atoms with E-state index in [0.29, 0.717) is 29.2 Å². The maximum Gasteiger partial charge on any atom is 0.253 e. The van der Waals surface area contributed by atoms with Crippen LogP contribution in [0.1, 0.15) is 54.2 Å². The van der Waals surface area contributed by atoms with Gasteiger partial charge in [0.05, 0.1) is 22.5 Å². The summed E-state index contributed by atoms with van der Waals surface area (Å²) >= 11 is 2.15. The first-order chi connectivity index (χ1) is 14.5. The second-order valence-electron chi connectivity index (χ2n) is 8.09. The number of nitrogens with one attached hydrogen (secondary N) is 2. The summed E-state index contributed by atoms with van der Waals surface area (Å²) in [5.41, 5.74) is 4.46. The molecule has 2 aliphatic rings. The second-order valence-corrected chi connectivity index (χ2v) is 8.09. The van der Waals surface area contributed by atoms with Crippen LogP contribution in [-0.2, 0) is 5.41 Å². The van der Waals surface area contributed by atoms with Gasteiger partial charge in [-0.05, 0) is 53.5 Å². The fourth-order valence-electron chi connectivity index (χ4n) is 3.91. The number of hydrogen-bond acceptors (Lipinski definition) is 3. The number of carbonyl (C=O) groups excluding carboxylic acids is 1. The minimum absolute atomic E-state index is 0.0517. The molecule has 0 unspecified atom stereocenters. The van der Waals surface area contributed by atoms with E-state index in [1.165, 1.54) is 0 Å². The molecule has 1 aromatic carbocycles. The highest BCUT2D eigenvalue weighted by molar-refractivity contribution is 14.1. The van der Waals surface area contributed by atoms with Gasteiger partial charge in [-0.15, -0.1) is 0 Å². The average Bonchev–Trinajstić information content (AvgIpc) is 3.39. The normalized spacial score (nSPS) is 16.0. The third-order valence-electron chi connectivity index (χ3n) is 5.87. The van der Waals surface area contributed by atoms with Crippen LogP contribution in [0.4, 0.5) is 4.39 Å². The monoisotopic (exact) mass is 518 g/mol. The third kappa shape index (κ3) is 3.64. The Bertz CT molecular complexity index is 1100. The lowest BCUT2D eigenvalue weighted by molar-refractivity contribution is 0.0937. The molecule has 1 aliphatic carbocycles. The minimum Gasteiger partial charge on any atom is -0.356 e. The van der Waals surface area contributed by atoms with Crippen molar-refractivity contribution in [2.75, 3.05) is 11.5 Å². The van der Waals surface area contributed by atoms with E-state index in [0.717, 1.165) is 29.8 Å². The first-order valence-corrected chi connectivity index (χ1v) is 12.2. The number of alkyl halides is 1. The van der Waals surface area contributed by atoms with Crippen molar-refractivity contribution in [1.29, 1.82) is 0 Å². The zero-order valence-corrected chi connectivity index (χ0v) is 19.4. The van der Waals surface area contributed by atoms with Crippen LogP contribution < -0.4 is 5.32 Å². The number of rotatable bonds is 3. The van der Waals surface area contributed by atoms with Crippen LogP contribution in [0.15, 0.2) is 36.5 Å². The summed E-state index contributed by atoms with van der Waals surface area (Å²) in [6, 6.07) is 8.81. The van der Waals surface area contributed by atoms with E-state index >= 15 is 0 Å². The minimum atomic E-state index is -0.328. The largest absolute Gasteiger partial charge is 0.356 e. The van der Waals surface area contributed by atoms with Crippen LogP contribution in [0.2, 0.25) is 0 Å². The molecular formula is C23H24FIN4O. The van der Waals surface area contributed by atoms with E-state index < -0.39 is 0 Å². The number of amides is 1. The van der Waals surface area contributed by atoms with E-state index in [1.54, 1.807) is 24.4 Å². The topological polar surface area (TPSA) is 70.7 Å². The lowest BCUT2D eigenvalue weighted by Gasteiger charge is -2.21. The van der Waals surface area contributed by atoms with Gasteiger partial charge in [0.25, 0.3) is 5.91 Å². The summed E-state index contributed by atoms with van der Waals surface area (Å²) in [4.78, 5) is 26.5. The maximum atomic E-state index is 14.6. The molecule has 5 rings (SSSR count). The molecule has 3 aromatic rings. The van der Waals surface area contributed by atoms with Crippen molar-refractivity contribution < 1.29 is 9.18 Å². The number of H-pyrrole nitrogens is 1. The predicted molar refractivity (Wildman–Crippen MR) is 124 cm³/mol. The number of hydrogen-bond donors (Lipinski definition) is 2. The Morgan fingerprint density at radius 2 is 1.90 bits per heavy atom. The molecule has 1 spiro atoms. The second kappa shape index (κ2) is 8.09. The van der Waals surface area contributed by atoms with E-state index in [1.807, 2.05) is 30.9 Å². The van der Waals surface area contributed by atoms with Gasteiger partial charge in [-0.3, -0.25) is 4.79 Å². The van der Waals surface area contributed by atoms with E-state index in [-0.39, 0.29) is 23.1 Å². The smallest absolute Gasteiger partial charge is 0.253 e. The fourth-order valence-corrected chi connectivity index (χ4v) is 3.91. The molecule has 0 atom stereocenters. The van der Waals surface area contributed by atoms with Gasteiger partial charge in [-0.25, -0.2) is 14.4 Å². The first kappa shape index (κ1) is 21.0. The van der Waals surface area contributed by atoms with E-state index in [2.05, 4.69) is 42.9 Å².